The Morgan fingerprint density at radius 3 is 2.74 bits per heavy atom. The highest BCUT2D eigenvalue weighted by Crippen LogP contribution is 2.29. The van der Waals surface area contributed by atoms with Crippen LogP contribution in [0.1, 0.15) is 35.7 Å². The van der Waals surface area contributed by atoms with Gasteiger partial charge in [-0.1, -0.05) is 18.5 Å². The van der Waals surface area contributed by atoms with Gasteiger partial charge in [0.2, 0.25) is 0 Å². The second kappa shape index (κ2) is 10.2. The fourth-order valence-electron chi connectivity index (χ4n) is 2.32. The van der Waals surface area contributed by atoms with Crippen molar-refractivity contribution in [1.82, 2.24) is 5.48 Å². The summed E-state index contributed by atoms with van der Waals surface area (Å²) in [5, 5.41) is 12.4. The molecule has 0 aliphatic carbocycles. The largest absolute Gasteiger partial charge is 0.393 e. The Morgan fingerprint density at radius 2 is 2.07 bits per heavy atom. The average molecular weight is 507 g/mol. The van der Waals surface area contributed by atoms with E-state index >= 15 is 0 Å². The van der Waals surface area contributed by atoms with Gasteiger partial charge in [-0.2, -0.15) is 0 Å². The smallest absolute Gasteiger partial charge is 0.277 e. The van der Waals surface area contributed by atoms with Crippen molar-refractivity contribution in [3.8, 4) is 0 Å². The van der Waals surface area contributed by atoms with Crippen molar-refractivity contribution in [3.63, 3.8) is 0 Å². The fraction of sp³-hybridized carbons (Fsp3) is 0.316. The molecule has 2 aromatic rings. The molecule has 3 N–H and O–H groups in total. The summed E-state index contributed by atoms with van der Waals surface area (Å²) in [6.45, 7) is 3.93. The van der Waals surface area contributed by atoms with Crippen LogP contribution >= 0.6 is 34.2 Å². The zero-order chi connectivity index (χ0) is 20.0. The van der Waals surface area contributed by atoms with Crippen LogP contribution in [0.2, 0.25) is 5.02 Å². The molecule has 5 nitrogen and oxygen atoms in total. The highest BCUT2D eigenvalue weighted by molar-refractivity contribution is 14.1. The number of carbonyl (C=O) groups is 1. The van der Waals surface area contributed by atoms with E-state index < -0.39 is 17.8 Å². The molecule has 0 saturated carbocycles. The molecule has 1 atom stereocenters. The van der Waals surface area contributed by atoms with Gasteiger partial charge in [0, 0.05) is 9.26 Å². The zero-order valence-corrected chi connectivity index (χ0v) is 17.9. The SMILES string of the molecule is CCC(O)CCONC(=O)c1cc(Cl)c(F)cc1Nc1ccc(I)cc1C. The molecule has 0 bridgehead atoms. The molecule has 2 aromatic carbocycles. The Labute approximate surface area is 176 Å². The van der Waals surface area contributed by atoms with E-state index in [2.05, 4.69) is 33.4 Å². The van der Waals surface area contributed by atoms with Gasteiger partial charge in [0.15, 0.2) is 0 Å². The fourth-order valence-corrected chi connectivity index (χ4v) is 3.13. The van der Waals surface area contributed by atoms with Gasteiger partial charge in [0.05, 0.1) is 29.0 Å². The molecule has 0 aliphatic heterocycles. The van der Waals surface area contributed by atoms with Crippen LogP contribution < -0.4 is 10.8 Å². The van der Waals surface area contributed by atoms with E-state index in [1.54, 1.807) is 0 Å². The third-order valence-corrected chi connectivity index (χ3v) is 4.91. The first kappa shape index (κ1) is 21.9. The van der Waals surface area contributed by atoms with E-state index in [4.69, 9.17) is 16.4 Å². The molecule has 0 heterocycles. The number of hydrogen-bond acceptors (Lipinski definition) is 4. The van der Waals surface area contributed by atoms with Crippen molar-refractivity contribution in [1.29, 1.82) is 0 Å². The van der Waals surface area contributed by atoms with Crippen molar-refractivity contribution in [2.75, 3.05) is 11.9 Å². The molecular formula is C19H21ClFIN2O3. The highest BCUT2D eigenvalue weighted by Gasteiger charge is 2.17. The number of rotatable bonds is 8. The monoisotopic (exact) mass is 506 g/mol. The molecule has 0 saturated heterocycles. The third kappa shape index (κ3) is 6.31. The van der Waals surface area contributed by atoms with Gasteiger partial charge in [-0.25, -0.2) is 9.87 Å². The summed E-state index contributed by atoms with van der Waals surface area (Å²) in [5.74, 6) is -1.19. The normalized spacial score (nSPS) is 11.9. The van der Waals surface area contributed by atoms with Gasteiger partial charge in [-0.15, -0.1) is 0 Å². The van der Waals surface area contributed by atoms with Gasteiger partial charge < -0.3 is 10.4 Å². The van der Waals surface area contributed by atoms with Crippen LogP contribution in [0.25, 0.3) is 0 Å². The first-order chi connectivity index (χ1) is 12.8. The lowest BCUT2D eigenvalue weighted by Crippen LogP contribution is -2.26. The standard InChI is InChI=1S/C19H21ClFIN2O3/c1-3-13(25)6-7-27-24-19(26)14-9-15(20)16(21)10-18(14)23-17-5-4-12(22)8-11(17)2/h4-5,8-10,13,23,25H,3,6-7H2,1-2H3,(H,24,26). The number of carbonyl (C=O) groups excluding carboxylic acids is 1. The molecule has 0 spiro atoms. The minimum absolute atomic E-state index is 0.149. The van der Waals surface area contributed by atoms with Crippen molar-refractivity contribution in [3.05, 3.63) is 55.9 Å². The number of benzene rings is 2. The van der Waals surface area contributed by atoms with Crippen LogP contribution in [-0.4, -0.2) is 23.7 Å². The number of anilines is 2. The number of halogens is 3. The topological polar surface area (TPSA) is 70.6 Å². The molecule has 1 unspecified atom stereocenters. The molecule has 0 aromatic heterocycles. The minimum atomic E-state index is -0.633. The number of nitrogens with one attached hydrogen (secondary N) is 2. The zero-order valence-electron chi connectivity index (χ0n) is 15.0. The predicted octanol–water partition coefficient (Wildman–Crippen LogP) is 4.96. The maximum Gasteiger partial charge on any atom is 0.277 e. The van der Waals surface area contributed by atoms with Crippen LogP contribution in [0.5, 0.6) is 0 Å². The Morgan fingerprint density at radius 1 is 1.33 bits per heavy atom. The van der Waals surface area contributed by atoms with Gasteiger partial charge in [-0.05, 0) is 78.3 Å². The summed E-state index contributed by atoms with van der Waals surface area (Å²) in [4.78, 5) is 17.6. The Kier molecular flexibility index (Phi) is 8.28. The van der Waals surface area contributed by atoms with Crippen LogP contribution in [0.15, 0.2) is 30.3 Å². The summed E-state index contributed by atoms with van der Waals surface area (Å²) in [6.07, 6.45) is 0.519. The van der Waals surface area contributed by atoms with Gasteiger partial charge in [0.25, 0.3) is 5.91 Å². The quantitative estimate of drug-likeness (QED) is 0.269. The number of hydrogen-bond donors (Lipinski definition) is 3. The average Bonchev–Trinajstić information content (AvgIpc) is 2.63. The van der Waals surface area contributed by atoms with Crippen LogP contribution in [0.4, 0.5) is 15.8 Å². The number of aliphatic hydroxyl groups is 1. The first-order valence-corrected chi connectivity index (χ1v) is 9.90. The van der Waals surface area contributed by atoms with Crippen molar-refractivity contribution < 1.29 is 19.1 Å². The van der Waals surface area contributed by atoms with Gasteiger partial charge in [0.1, 0.15) is 5.82 Å². The molecule has 1 amide bonds. The summed E-state index contributed by atoms with van der Waals surface area (Å²) >= 11 is 8.05. The van der Waals surface area contributed by atoms with Crippen LogP contribution in [0.3, 0.4) is 0 Å². The maximum absolute atomic E-state index is 14.0. The molecule has 8 heteroatoms. The van der Waals surface area contributed by atoms with Crippen LogP contribution in [0, 0.1) is 16.3 Å². The molecule has 2 rings (SSSR count). The minimum Gasteiger partial charge on any atom is -0.393 e. The molecule has 27 heavy (non-hydrogen) atoms. The summed E-state index contributed by atoms with van der Waals surface area (Å²) in [6, 6.07) is 8.16. The molecular weight excluding hydrogens is 486 g/mol. The molecule has 0 radical (unpaired) electrons. The summed E-state index contributed by atoms with van der Waals surface area (Å²) in [5.41, 5.74) is 4.43. The van der Waals surface area contributed by atoms with E-state index in [0.717, 1.165) is 14.8 Å². The van der Waals surface area contributed by atoms with Gasteiger partial charge in [-0.3, -0.25) is 9.63 Å². The molecule has 0 fully saturated rings. The number of aliphatic hydroxyl groups excluding tert-OH is 1. The Balaban J connectivity index is 2.17. The van der Waals surface area contributed by atoms with Crippen LogP contribution in [-0.2, 0) is 4.84 Å². The highest BCUT2D eigenvalue weighted by atomic mass is 127. The molecule has 146 valence electrons. The number of amides is 1. The lowest BCUT2D eigenvalue weighted by atomic mass is 10.1. The van der Waals surface area contributed by atoms with E-state index in [9.17, 15) is 14.3 Å². The van der Waals surface area contributed by atoms with Crippen molar-refractivity contribution in [2.45, 2.75) is 32.8 Å². The Hall–Kier alpha value is -1.42. The maximum atomic E-state index is 14.0. The summed E-state index contributed by atoms with van der Waals surface area (Å²) in [7, 11) is 0. The van der Waals surface area contributed by atoms with Gasteiger partial charge >= 0.3 is 0 Å². The van der Waals surface area contributed by atoms with Crippen molar-refractivity contribution >= 4 is 51.5 Å². The number of hydroxylamine groups is 1. The second-order valence-corrected chi connectivity index (χ2v) is 7.68. The molecule has 0 aliphatic rings. The van der Waals surface area contributed by atoms with E-state index in [1.807, 2.05) is 32.0 Å². The lowest BCUT2D eigenvalue weighted by Gasteiger charge is -2.15. The Bertz CT molecular complexity index is 820. The second-order valence-electron chi connectivity index (χ2n) is 6.03. The van der Waals surface area contributed by atoms with E-state index in [0.29, 0.717) is 12.8 Å². The third-order valence-electron chi connectivity index (χ3n) is 3.95. The predicted molar refractivity (Wildman–Crippen MR) is 113 cm³/mol. The van der Waals surface area contributed by atoms with E-state index in [1.165, 1.54) is 12.1 Å². The van der Waals surface area contributed by atoms with Crippen molar-refractivity contribution in [2.24, 2.45) is 0 Å². The lowest BCUT2D eigenvalue weighted by molar-refractivity contribution is 0.0161. The summed E-state index contributed by atoms with van der Waals surface area (Å²) < 4.78 is 15.0. The first-order valence-electron chi connectivity index (χ1n) is 8.44. The van der Waals surface area contributed by atoms with E-state index in [-0.39, 0.29) is 22.9 Å². The number of aryl methyl sites for hydroxylation is 1.